The number of carbonyl (C=O) groups is 2. The van der Waals surface area contributed by atoms with Gasteiger partial charge in [-0.05, 0) is 18.1 Å². The normalized spacial score (nSPS) is 13.9. The topological polar surface area (TPSA) is 79.5 Å². The number of hydrogen-bond acceptors (Lipinski definition) is 3. The van der Waals surface area contributed by atoms with Crippen molar-refractivity contribution in [2.75, 3.05) is 0 Å². The van der Waals surface area contributed by atoms with E-state index >= 15 is 0 Å². The van der Waals surface area contributed by atoms with Crippen LogP contribution < -0.4 is 5.32 Å². The van der Waals surface area contributed by atoms with Crippen LogP contribution in [0.2, 0.25) is 0 Å². The van der Waals surface area contributed by atoms with Crippen LogP contribution in [-0.2, 0) is 16.0 Å². The lowest BCUT2D eigenvalue weighted by atomic mass is 9.99. The van der Waals surface area contributed by atoms with Crippen molar-refractivity contribution in [2.45, 2.75) is 39.2 Å². The molecule has 0 bridgehead atoms. The van der Waals surface area contributed by atoms with Crippen LogP contribution in [0.4, 0.5) is 0 Å². The summed E-state index contributed by atoms with van der Waals surface area (Å²) in [6.45, 7) is 3.71. The number of furan rings is 1. The molecule has 0 fully saturated rings. The van der Waals surface area contributed by atoms with E-state index in [1.54, 1.807) is 18.4 Å². The van der Waals surface area contributed by atoms with Crippen molar-refractivity contribution >= 4 is 11.9 Å². The van der Waals surface area contributed by atoms with E-state index in [0.717, 1.165) is 5.76 Å². The Hall–Kier alpha value is -1.78. The zero-order chi connectivity index (χ0) is 13.5. The molecule has 1 aromatic rings. The molecule has 2 atom stereocenters. The highest BCUT2D eigenvalue weighted by molar-refractivity contribution is 5.83. The van der Waals surface area contributed by atoms with Crippen molar-refractivity contribution in [2.24, 2.45) is 5.92 Å². The van der Waals surface area contributed by atoms with Gasteiger partial charge in [0.1, 0.15) is 11.8 Å². The fourth-order valence-electron chi connectivity index (χ4n) is 1.62. The molecule has 0 saturated carbocycles. The number of carboxylic acids is 1. The van der Waals surface area contributed by atoms with Crippen molar-refractivity contribution in [3.05, 3.63) is 24.2 Å². The molecule has 5 heteroatoms. The van der Waals surface area contributed by atoms with Crippen molar-refractivity contribution < 1.29 is 19.1 Å². The van der Waals surface area contributed by atoms with Gasteiger partial charge in [-0.15, -0.1) is 0 Å². The van der Waals surface area contributed by atoms with Crippen LogP contribution in [0.25, 0.3) is 0 Å². The van der Waals surface area contributed by atoms with Crippen LogP contribution in [0, 0.1) is 5.92 Å². The van der Waals surface area contributed by atoms with Gasteiger partial charge >= 0.3 is 5.97 Å². The lowest BCUT2D eigenvalue weighted by molar-refractivity contribution is -0.143. The predicted octanol–water partition coefficient (Wildman–Crippen LogP) is 1.83. The van der Waals surface area contributed by atoms with Crippen LogP contribution in [0.1, 0.15) is 32.4 Å². The second kappa shape index (κ2) is 6.83. The van der Waals surface area contributed by atoms with Crippen LogP contribution in [0.3, 0.4) is 0 Å². The molecule has 0 aliphatic heterocycles. The Kier molecular flexibility index (Phi) is 5.42. The van der Waals surface area contributed by atoms with Gasteiger partial charge < -0.3 is 14.8 Å². The van der Waals surface area contributed by atoms with Gasteiger partial charge in [0.05, 0.1) is 6.26 Å². The van der Waals surface area contributed by atoms with E-state index in [4.69, 9.17) is 9.52 Å². The molecule has 1 unspecified atom stereocenters. The lowest BCUT2D eigenvalue weighted by Gasteiger charge is -2.19. The largest absolute Gasteiger partial charge is 0.480 e. The van der Waals surface area contributed by atoms with Gasteiger partial charge in [-0.1, -0.05) is 20.3 Å². The molecule has 0 aromatic carbocycles. The van der Waals surface area contributed by atoms with Crippen LogP contribution in [0.15, 0.2) is 22.8 Å². The summed E-state index contributed by atoms with van der Waals surface area (Å²) >= 11 is 0. The second-order valence-electron chi connectivity index (χ2n) is 4.35. The van der Waals surface area contributed by atoms with Crippen molar-refractivity contribution in [1.29, 1.82) is 0 Å². The molecule has 100 valence electrons. The first kappa shape index (κ1) is 14.3. The van der Waals surface area contributed by atoms with Gasteiger partial charge in [-0.2, -0.15) is 0 Å². The second-order valence-corrected chi connectivity index (χ2v) is 4.35. The Morgan fingerprint density at radius 3 is 2.72 bits per heavy atom. The Labute approximate surface area is 106 Å². The summed E-state index contributed by atoms with van der Waals surface area (Å²) in [7, 11) is 0. The van der Waals surface area contributed by atoms with Gasteiger partial charge in [-0.25, -0.2) is 4.79 Å². The highest BCUT2D eigenvalue weighted by Crippen LogP contribution is 2.09. The molecule has 1 aromatic heterocycles. The quantitative estimate of drug-likeness (QED) is 0.777. The zero-order valence-corrected chi connectivity index (χ0v) is 10.7. The molecule has 1 rings (SSSR count). The average molecular weight is 253 g/mol. The summed E-state index contributed by atoms with van der Waals surface area (Å²) in [6, 6.07) is 2.72. The zero-order valence-electron chi connectivity index (χ0n) is 10.7. The van der Waals surface area contributed by atoms with Gasteiger partial charge in [0, 0.05) is 12.8 Å². The molecule has 0 spiro atoms. The van der Waals surface area contributed by atoms with E-state index in [0.29, 0.717) is 12.8 Å². The first-order valence-electron chi connectivity index (χ1n) is 6.09. The summed E-state index contributed by atoms with van der Waals surface area (Å²) in [5.41, 5.74) is 0. The smallest absolute Gasteiger partial charge is 0.326 e. The van der Waals surface area contributed by atoms with Crippen LogP contribution in [-0.4, -0.2) is 23.0 Å². The van der Waals surface area contributed by atoms with Gasteiger partial charge in [0.15, 0.2) is 0 Å². The van der Waals surface area contributed by atoms with Crippen molar-refractivity contribution in [3.8, 4) is 0 Å². The first-order valence-corrected chi connectivity index (χ1v) is 6.09. The van der Waals surface area contributed by atoms with Gasteiger partial charge in [0.25, 0.3) is 0 Å². The molecule has 18 heavy (non-hydrogen) atoms. The molecule has 0 aliphatic carbocycles. The minimum atomic E-state index is -0.990. The van der Waals surface area contributed by atoms with E-state index in [-0.39, 0.29) is 18.2 Å². The maximum atomic E-state index is 11.7. The fraction of sp³-hybridized carbons (Fsp3) is 0.538. The summed E-state index contributed by atoms with van der Waals surface area (Å²) in [5.74, 6) is -0.620. The minimum Gasteiger partial charge on any atom is -0.480 e. The van der Waals surface area contributed by atoms with Gasteiger partial charge in [-0.3, -0.25) is 4.79 Å². The Morgan fingerprint density at radius 1 is 1.50 bits per heavy atom. The molecular weight excluding hydrogens is 234 g/mol. The Bertz CT molecular complexity index is 386. The molecule has 0 radical (unpaired) electrons. The highest BCUT2D eigenvalue weighted by Gasteiger charge is 2.24. The molecule has 0 aliphatic rings. The number of amides is 1. The van der Waals surface area contributed by atoms with E-state index in [1.165, 1.54) is 0 Å². The number of hydrogen-bond donors (Lipinski definition) is 2. The minimum absolute atomic E-state index is 0.0879. The molecule has 1 heterocycles. The fourth-order valence-corrected chi connectivity index (χ4v) is 1.62. The van der Waals surface area contributed by atoms with E-state index < -0.39 is 12.0 Å². The average Bonchev–Trinajstić information content (AvgIpc) is 2.85. The third kappa shape index (κ3) is 4.24. The summed E-state index contributed by atoms with van der Waals surface area (Å²) in [5, 5.41) is 11.6. The summed E-state index contributed by atoms with van der Waals surface area (Å²) in [6.07, 6.45) is 2.96. The van der Waals surface area contributed by atoms with E-state index in [2.05, 4.69) is 5.32 Å². The number of aliphatic carboxylic acids is 1. The van der Waals surface area contributed by atoms with Crippen LogP contribution >= 0.6 is 0 Å². The maximum absolute atomic E-state index is 11.7. The number of aryl methyl sites for hydroxylation is 1. The van der Waals surface area contributed by atoms with E-state index in [1.807, 2.05) is 13.8 Å². The third-order valence-corrected chi connectivity index (χ3v) is 2.97. The summed E-state index contributed by atoms with van der Waals surface area (Å²) < 4.78 is 5.11. The molecule has 0 saturated heterocycles. The third-order valence-electron chi connectivity index (χ3n) is 2.97. The number of carbonyl (C=O) groups excluding carboxylic acids is 1. The molecule has 5 nitrogen and oxygen atoms in total. The number of nitrogens with one attached hydrogen (secondary N) is 1. The van der Waals surface area contributed by atoms with E-state index in [9.17, 15) is 9.59 Å². The van der Waals surface area contributed by atoms with Crippen molar-refractivity contribution in [1.82, 2.24) is 5.32 Å². The lowest BCUT2D eigenvalue weighted by Crippen LogP contribution is -2.45. The maximum Gasteiger partial charge on any atom is 0.326 e. The number of carboxylic acid groups (broad SMARTS) is 1. The monoisotopic (exact) mass is 253 g/mol. The molecular formula is C13H19NO4. The molecule has 2 N–H and O–H groups in total. The summed E-state index contributed by atoms with van der Waals surface area (Å²) in [4.78, 5) is 22.7. The first-order chi connectivity index (χ1) is 8.54. The number of rotatable bonds is 7. The molecule has 1 amide bonds. The van der Waals surface area contributed by atoms with Crippen LogP contribution in [0.5, 0.6) is 0 Å². The SMILES string of the molecule is CCC(C)[C@H](NC(=O)CCc1ccco1)C(=O)O. The van der Waals surface area contributed by atoms with Gasteiger partial charge in [0.2, 0.25) is 5.91 Å². The standard InChI is InChI=1S/C13H19NO4/c1-3-9(2)12(13(16)17)14-11(15)7-6-10-5-4-8-18-10/h4-5,8-9,12H,3,6-7H2,1-2H3,(H,14,15)(H,16,17)/t9?,12-/m0/s1. The Balaban J connectivity index is 2.44. The van der Waals surface area contributed by atoms with Crippen molar-refractivity contribution in [3.63, 3.8) is 0 Å². The predicted molar refractivity (Wildman–Crippen MR) is 66.1 cm³/mol. The highest BCUT2D eigenvalue weighted by atomic mass is 16.4. The Morgan fingerprint density at radius 2 is 2.22 bits per heavy atom.